The molecule has 0 saturated carbocycles. The van der Waals surface area contributed by atoms with Crippen molar-refractivity contribution in [3.05, 3.63) is 36.2 Å². The number of piperidine rings is 1. The average Bonchev–Trinajstić information content (AvgIpc) is 2.64. The largest absolute Gasteiger partial charge is 0.507 e. The van der Waals surface area contributed by atoms with Gasteiger partial charge < -0.3 is 15.3 Å². The number of aromatic nitrogens is 4. The molecule has 1 aromatic carbocycles. The minimum Gasteiger partial charge on any atom is -0.507 e. The van der Waals surface area contributed by atoms with Crippen LogP contribution in [0.5, 0.6) is 5.75 Å². The summed E-state index contributed by atoms with van der Waals surface area (Å²) in [5, 5.41) is 23.1. The molecule has 3 heterocycles. The summed E-state index contributed by atoms with van der Waals surface area (Å²) in [6.45, 7) is 10.9. The highest BCUT2D eigenvalue weighted by molar-refractivity contribution is 5.84. The highest BCUT2D eigenvalue weighted by atomic mass is 16.3. The van der Waals surface area contributed by atoms with E-state index in [1.54, 1.807) is 12.3 Å². The number of phenolic OH excluding ortho intramolecular Hbond substituents is 1. The number of nitrogens with zero attached hydrogens (tertiary/aromatic N) is 5. The van der Waals surface area contributed by atoms with E-state index in [9.17, 15) is 5.11 Å². The van der Waals surface area contributed by atoms with Crippen molar-refractivity contribution in [1.29, 1.82) is 0 Å². The Balaban J connectivity index is 1.61. The van der Waals surface area contributed by atoms with Gasteiger partial charge in [-0.2, -0.15) is 0 Å². The smallest absolute Gasteiger partial charge is 0.151 e. The summed E-state index contributed by atoms with van der Waals surface area (Å²) in [7, 11) is 2.08. The number of fused-ring (bicyclic) bond motifs is 1. The molecule has 4 rings (SSSR count). The van der Waals surface area contributed by atoms with Crippen LogP contribution in [-0.4, -0.2) is 49.4 Å². The average molecular weight is 407 g/mol. The molecule has 0 bridgehead atoms. The second-order valence-electron chi connectivity index (χ2n) is 9.71. The van der Waals surface area contributed by atoms with Gasteiger partial charge in [0.05, 0.1) is 22.4 Å². The maximum atomic E-state index is 10.5. The number of hydrogen-bond donors (Lipinski definition) is 2. The summed E-state index contributed by atoms with van der Waals surface area (Å²) in [5.41, 5.74) is 3.53. The van der Waals surface area contributed by atoms with Crippen LogP contribution in [0.25, 0.3) is 22.3 Å². The van der Waals surface area contributed by atoms with Gasteiger partial charge in [-0.25, -0.2) is 4.98 Å². The number of aryl methyl sites for hydroxylation is 1. The topological polar surface area (TPSA) is 87.1 Å². The van der Waals surface area contributed by atoms with Gasteiger partial charge >= 0.3 is 0 Å². The molecule has 0 atom stereocenters. The molecule has 0 unspecified atom stereocenters. The number of nitrogens with one attached hydrogen (secondary N) is 1. The van der Waals surface area contributed by atoms with Crippen LogP contribution in [0.15, 0.2) is 30.5 Å². The van der Waals surface area contributed by atoms with Gasteiger partial charge in [-0.15, -0.1) is 10.2 Å². The Morgan fingerprint density at radius 3 is 2.37 bits per heavy atom. The molecule has 0 radical (unpaired) electrons. The Morgan fingerprint density at radius 2 is 1.73 bits per heavy atom. The van der Waals surface area contributed by atoms with Gasteiger partial charge in [0.15, 0.2) is 5.82 Å². The number of phenols is 1. The highest BCUT2D eigenvalue weighted by Gasteiger charge is 2.39. The van der Waals surface area contributed by atoms with Crippen molar-refractivity contribution >= 4 is 16.9 Å². The third-order valence-corrected chi connectivity index (χ3v) is 5.78. The van der Waals surface area contributed by atoms with E-state index in [0.29, 0.717) is 22.8 Å². The minimum atomic E-state index is 0.0598. The Morgan fingerprint density at radius 1 is 1.03 bits per heavy atom. The normalized spacial score (nSPS) is 18.5. The summed E-state index contributed by atoms with van der Waals surface area (Å²) in [5.74, 6) is 0.951. The molecule has 0 aliphatic carbocycles. The molecule has 3 aromatic rings. The summed E-state index contributed by atoms with van der Waals surface area (Å²) >= 11 is 0. The van der Waals surface area contributed by atoms with Crippen LogP contribution < -0.4 is 10.2 Å². The lowest BCUT2D eigenvalue weighted by Crippen LogP contribution is -2.62. The summed E-state index contributed by atoms with van der Waals surface area (Å²) in [6, 6.07) is 7.67. The maximum Gasteiger partial charge on any atom is 0.151 e. The Labute approximate surface area is 177 Å². The molecule has 0 spiro atoms. The van der Waals surface area contributed by atoms with Gasteiger partial charge in [0.2, 0.25) is 0 Å². The number of hydrogen-bond acceptors (Lipinski definition) is 7. The van der Waals surface area contributed by atoms with Crippen LogP contribution in [0, 0.1) is 6.92 Å². The quantitative estimate of drug-likeness (QED) is 0.683. The third kappa shape index (κ3) is 4.07. The molecule has 1 saturated heterocycles. The molecular weight excluding hydrogens is 376 g/mol. The first-order chi connectivity index (χ1) is 14.0. The van der Waals surface area contributed by atoms with Gasteiger partial charge in [-0.05, 0) is 65.7 Å². The Bertz CT molecular complexity index is 1060. The number of aromatic hydroxyl groups is 1. The van der Waals surface area contributed by atoms with E-state index in [4.69, 9.17) is 0 Å². The second-order valence-corrected chi connectivity index (χ2v) is 9.71. The third-order valence-electron chi connectivity index (χ3n) is 5.78. The van der Waals surface area contributed by atoms with E-state index >= 15 is 0 Å². The summed E-state index contributed by atoms with van der Waals surface area (Å²) in [4.78, 5) is 11.0. The highest BCUT2D eigenvalue weighted by Crippen LogP contribution is 2.34. The van der Waals surface area contributed by atoms with Crippen molar-refractivity contribution in [2.45, 2.75) is 64.6 Å². The first-order valence-electron chi connectivity index (χ1n) is 10.4. The molecule has 7 heteroatoms. The number of benzene rings is 1. The maximum absolute atomic E-state index is 10.5. The van der Waals surface area contributed by atoms with Crippen LogP contribution in [0.2, 0.25) is 0 Å². The van der Waals surface area contributed by atoms with Crippen LogP contribution in [0.1, 0.15) is 46.2 Å². The van der Waals surface area contributed by atoms with Gasteiger partial charge in [-0.1, -0.05) is 0 Å². The predicted molar refractivity (Wildman–Crippen MR) is 120 cm³/mol. The zero-order valence-corrected chi connectivity index (χ0v) is 18.6. The molecule has 0 amide bonds. The fourth-order valence-electron chi connectivity index (χ4n) is 4.73. The van der Waals surface area contributed by atoms with E-state index < -0.39 is 0 Å². The van der Waals surface area contributed by atoms with Crippen molar-refractivity contribution in [2.24, 2.45) is 0 Å². The van der Waals surface area contributed by atoms with Gasteiger partial charge in [0.1, 0.15) is 5.75 Å². The van der Waals surface area contributed by atoms with Crippen molar-refractivity contribution < 1.29 is 5.11 Å². The fourth-order valence-corrected chi connectivity index (χ4v) is 4.73. The fraction of sp³-hybridized carbons (Fsp3) is 0.478. The second kappa shape index (κ2) is 7.16. The van der Waals surface area contributed by atoms with Gasteiger partial charge in [0, 0.05) is 42.0 Å². The molecule has 158 valence electrons. The van der Waals surface area contributed by atoms with E-state index in [2.05, 4.69) is 65.1 Å². The predicted octanol–water partition coefficient (Wildman–Crippen LogP) is 3.85. The van der Waals surface area contributed by atoms with Crippen molar-refractivity contribution in [3.63, 3.8) is 0 Å². The molecular formula is C23H30N6O. The minimum absolute atomic E-state index is 0.0598. The van der Waals surface area contributed by atoms with E-state index in [0.717, 1.165) is 29.9 Å². The number of anilines is 1. The van der Waals surface area contributed by atoms with E-state index in [1.165, 1.54) is 0 Å². The van der Waals surface area contributed by atoms with Crippen molar-refractivity contribution in [3.8, 4) is 17.0 Å². The van der Waals surface area contributed by atoms with Gasteiger partial charge in [0.25, 0.3) is 0 Å². The summed E-state index contributed by atoms with van der Waals surface area (Å²) in [6.07, 6.45) is 3.77. The lowest BCUT2D eigenvalue weighted by atomic mass is 9.79. The number of rotatable bonds is 3. The van der Waals surface area contributed by atoms with Crippen LogP contribution in [0.4, 0.5) is 5.82 Å². The van der Waals surface area contributed by atoms with E-state index in [1.807, 2.05) is 25.1 Å². The van der Waals surface area contributed by atoms with Gasteiger partial charge in [-0.3, -0.25) is 4.98 Å². The van der Waals surface area contributed by atoms with Crippen molar-refractivity contribution in [2.75, 3.05) is 11.9 Å². The molecule has 1 fully saturated rings. The van der Waals surface area contributed by atoms with E-state index in [-0.39, 0.29) is 16.8 Å². The SMILES string of the molecule is Cc1cnc2cc(-c3ccc(N(C)C4CC(C)(C)NC(C)(C)C4)nn3)c(O)cc2n1. The lowest BCUT2D eigenvalue weighted by molar-refractivity contribution is 0.160. The first kappa shape index (κ1) is 20.5. The van der Waals surface area contributed by atoms with Crippen LogP contribution in [-0.2, 0) is 0 Å². The molecule has 30 heavy (non-hydrogen) atoms. The Kier molecular flexibility index (Phi) is 4.89. The molecule has 2 aromatic heterocycles. The standard InChI is InChI=1S/C23H30N6O/c1-14-13-24-18-9-16(20(30)10-19(18)25-14)17-7-8-21(27-26-17)29(6)15-11-22(2,3)28-23(4,5)12-15/h7-10,13,15,28,30H,11-12H2,1-6H3. The first-order valence-corrected chi connectivity index (χ1v) is 10.4. The lowest BCUT2D eigenvalue weighted by Gasteiger charge is -2.49. The van der Waals surface area contributed by atoms with Crippen LogP contribution >= 0.6 is 0 Å². The zero-order chi connectivity index (χ0) is 21.7. The summed E-state index contributed by atoms with van der Waals surface area (Å²) < 4.78 is 0. The van der Waals surface area contributed by atoms with Crippen molar-refractivity contribution in [1.82, 2.24) is 25.5 Å². The monoisotopic (exact) mass is 406 g/mol. The zero-order valence-electron chi connectivity index (χ0n) is 18.6. The Hall–Kier alpha value is -2.80. The molecule has 2 N–H and O–H groups in total. The molecule has 7 nitrogen and oxygen atoms in total. The molecule has 1 aliphatic rings. The molecule has 1 aliphatic heterocycles. The van der Waals surface area contributed by atoms with Crippen LogP contribution in [0.3, 0.4) is 0 Å².